The van der Waals surface area contributed by atoms with Crippen molar-refractivity contribution in [1.82, 2.24) is 9.97 Å². The number of aryl methyl sites for hydroxylation is 1. The average molecular weight is 272 g/mol. The first kappa shape index (κ1) is 12.8. The summed E-state index contributed by atoms with van der Waals surface area (Å²) in [5, 5.41) is 0. The topological polar surface area (TPSA) is 32.3 Å². The largest absolute Gasteiger partial charge is 0.366 e. The van der Waals surface area contributed by atoms with Gasteiger partial charge in [0.2, 0.25) is 0 Å². The van der Waals surface area contributed by atoms with Crippen LogP contribution in [0.5, 0.6) is 0 Å². The minimum atomic E-state index is -0.154. The lowest BCUT2D eigenvalue weighted by Crippen LogP contribution is -2.47. The van der Waals surface area contributed by atoms with Gasteiger partial charge in [-0.1, -0.05) is 12.1 Å². The van der Waals surface area contributed by atoms with Crippen LogP contribution in [0.25, 0.3) is 0 Å². The van der Waals surface area contributed by atoms with Crippen molar-refractivity contribution < 1.29 is 4.39 Å². The van der Waals surface area contributed by atoms with E-state index >= 15 is 0 Å². The molecule has 0 radical (unpaired) electrons. The first-order valence-electron chi connectivity index (χ1n) is 6.78. The maximum atomic E-state index is 13.8. The highest BCUT2D eigenvalue weighted by atomic mass is 19.1. The Bertz CT molecular complexity index is 594. The van der Waals surface area contributed by atoms with Crippen LogP contribution < -0.4 is 9.80 Å². The average Bonchev–Trinajstić information content (AvgIpc) is 2.48. The number of hydrogen-bond donors (Lipinski definition) is 0. The Kier molecular flexibility index (Phi) is 3.50. The van der Waals surface area contributed by atoms with Crippen LogP contribution in [0.2, 0.25) is 0 Å². The summed E-state index contributed by atoms with van der Waals surface area (Å²) < 4.78 is 13.8. The number of piperazine rings is 1. The molecule has 0 atom stereocenters. The molecule has 5 heteroatoms. The molecule has 1 aromatic heterocycles. The number of anilines is 2. The summed E-state index contributed by atoms with van der Waals surface area (Å²) >= 11 is 0. The summed E-state index contributed by atoms with van der Waals surface area (Å²) in [6.07, 6.45) is 1.78. The molecule has 1 saturated heterocycles. The number of halogens is 1. The third-order valence-electron chi connectivity index (χ3n) is 3.56. The van der Waals surface area contributed by atoms with E-state index in [1.165, 1.54) is 6.07 Å². The number of nitrogens with zero attached hydrogens (tertiary/aromatic N) is 4. The van der Waals surface area contributed by atoms with Gasteiger partial charge in [-0.25, -0.2) is 14.4 Å². The number of aromatic nitrogens is 2. The fourth-order valence-corrected chi connectivity index (χ4v) is 2.50. The van der Waals surface area contributed by atoms with E-state index in [1.807, 2.05) is 25.1 Å². The van der Waals surface area contributed by atoms with Gasteiger partial charge in [0, 0.05) is 32.4 Å². The molecule has 0 unspecified atom stereocenters. The molecule has 1 aliphatic rings. The maximum absolute atomic E-state index is 13.8. The minimum Gasteiger partial charge on any atom is -0.366 e. The van der Waals surface area contributed by atoms with Crippen LogP contribution >= 0.6 is 0 Å². The second-order valence-corrected chi connectivity index (χ2v) is 4.89. The lowest BCUT2D eigenvalue weighted by Gasteiger charge is -2.36. The molecule has 0 saturated carbocycles. The van der Waals surface area contributed by atoms with E-state index in [0.717, 1.165) is 37.8 Å². The van der Waals surface area contributed by atoms with Gasteiger partial charge in [-0.15, -0.1) is 0 Å². The Morgan fingerprint density at radius 3 is 2.40 bits per heavy atom. The molecule has 1 fully saturated rings. The first-order valence-corrected chi connectivity index (χ1v) is 6.78. The lowest BCUT2D eigenvalue weighted by molar-refractivity contribution is 0.596. The summed E-state index contributed by atoms with van der Waals surface area (Å²) in [6.45, 7) is 5.16. The Hall–Kier alpha value is -2.17. The molecule has 1 aromatic carbocycles. The van der Waals surface area contributed by atoms with E-state index in [-0.39, 0.29) is 5.82 Å². The summed E-state index contributed by atoms with van der Waals surface area (Å²) in [4.78, 5) is 12.8. The Balaban J connectivity index is 1.70. The number of hydrogen-bond acceptors (Lipinski definition) is 4. The van der Waals surface area contributed by atoms with Gasteiger partial charge >= 0.3 is 0 Å². The van der Waals surface area contributed by atoms with Crippen LogP contribution in [-0.2, 0) is 0 Å². The predicted octanol–water partition coefficient (Wildman–Crippen LogP) is 2.25. The van der Waals surface area contributed by atoms with Crippen molar-refractivity contribution in [3.63, 3.8) is 0 Å². The van der Waals surface area contributed by atoms with Crippen molar-refractivity contribution in [2.24, 2.45) is 0 Å². The molecule has 1 aliphatic heterocycles. The van der Waals surface area contributed by atoms with Gasteiger partial charge < -0.3 is 9.80 Å². The minimum absolute atomic E-state index is 0.154. The lowest BCUT2D eigenvalue weighted by atomic mass is 10.2. The van der Waals surface area contributed by atoms with E-state index in [9.17, 15) is 4.39 Å². The molecule has 4 nitrogen and oxygen atoms in total. The fourth-order valence-electron chi connectivity index (χ4n) is 2.50. The second-order valence-electron chi connectivity index (χ2n) is 4.89. The second kappa shape index (κ2) is 5.45. The molecular formula is C15H17FN4. The van der Waals surface area contributed by atoms with Gasteiger partial charge in [-0.05, 0) is 25.1 Å². The molecule has 2 heterocycles. The van der Waals surface area contributed by atoms with Crippen molar-refractivity contribution in [3.8, 4) is 0 Å². The highest BCUT2D eigenvalue weighted by molar-refractivity contribution is 5.50. The fraction of sp³-hybridized carbons (Fsp3) is 0.333. The summed E-state index contributed by atoms with van der Waals surface area (Å²) in [6, 6.07) is 8.86. The van der Waals surface area contributed by atoms with E-state index < -0.39 is 0 Å². The van der Waals surface area contributed by atoms with Gasteiger partial charge in [-0.2, -0.15) is 0 Å². The van der Waals surface area contributed by atoms with E-state index in [1.54, 1.807) is 12.3 Å². The van der Waals surface area contributed by atoms with Crippen LogP contribution in [-0.4, -0.2) is 36.1 Å². The molecule has 20 heavy (non-hydrogen) atoms. The zero-order chi connectivity index (χ0) is 13.9. The van der Waals surface area contributed by atoms with Crippen LogP contribution in [0, 0.1) is 12.7 Å². The SMILES string of the molecule is Cc1nccc(N2CCN(c3ccccc3F)CC2)n1. The van der Waals surface area contributed by atoms with Crippen molar-refractivity contribution >= 4 is 11.5 Å². The van der Waals surface area contributed by atoms with Gasteiger partial charge in [-0.3, -0.25) is 0 Å². The van der Waals surface area contributed by atoms with Crippen LogP contribution in [0.1, 0.15) is 5.82 Å². The molecule has 0 spiro atoms. The zero-order valence-electron chi connectivity index (χ0n) is 11.5. The maximum Gasteiger partial charge on any atom is 0.146 e. The molecule has 0 amide bonds. The Labute approximate surface area is 117 Å². The van der Waals surface area contributed by atoms with E-state index in [4.69, 9.17) is 0 Å². The quantitative estimate of drug-likeness (QED) is 0.839. The smallest absolute Gasteiger partial charge is 0.146 e. The normalized spacial score (nSPS) is 15.5. The Morgan fingerprint density at radius 2 is 1.70 bits per heavy atom. The summed E-state index contributed by atoms with van der Waals surface area (Å²) in [5.41, 5.74) is 0.686. The van der Waals surface area contributed by atoms with E-state index in [2.05, 4.69) is 19.8 Å². The zero-order valence-corrected chi connectivity index (χ0v) is 11.5. The predicted molar refractivity (Wildman–Crippen MR) is 77.6 cm³/mol. The standard InChI is InChI=1S/C15H17FN4/c1-12-17-7-6-15(18-12)20-10-8-19(9-11-20)14-5-3-2-4-13(14)16/h2-7H,8-11H2,1H3. The van der Waals surface area contributed by atoms with Gasteiger partial charge in [0.15, 0.2) is 0 Å². The van der Waals surface area contributed by atoms with Crippen molar-refractivity contribution in [2.45, 2.75) is 6.92 Å². The first-order chi connectivity index (χ1) is 9.74. The molecule has 3 rings (SSSR count). The number of para-hydroxylation sites is 1. The van der Waals surface area contributed by atoms with Gasteiger partial charge in [0.1, 0.15) is 17.5 Å². The highest BCUT2D eigenvalue weighted by Crippen LogP contribution is 2.21. The number of benzene rings is 1. The van der Waals surface area contributed by atoms with Gasteiger partial charge in [0.25, 0.3) is 0 Å². The molecule has 0 bridgehead atoms. The van der Waals surface area contributed by atoms with Crippen LogP contribution in [0.4, 0.5) is 15.9 Å². The monoisotopic (exact) mass is 272 g/mol. The van der Waals surface area contributed by atoms with Crippen molar-refractivity contribution in [2.75, 3.05) is 36.0 Å². The van der Waals surface area contributed by atoms with Crippen LogP contribution in [0.3, 0.4) is 0 Å². The van der Waals surface area contributed by atoms with Crippen molar-refractivity contribution in [1.29, 1.82) is 0 Å². The third-order valence-corrected chi connectivity index (χ3v) is 3.56. The number of rotatable bonds is 2. The van der Waals surface area contributed by atoms with Crippen LogP contribution in [0.15, 0.2) is 36.5 Å². The molecular weight excluding hydrogens is 255 g/mol. The Morgan fingerprint density at radius 1 is 1.00 bits per heavy atom. The van der Waals surface area contributed by atoms with Gasteiger partial charge in [0.05, 0.1) is 5.69 Å². The third kappa shape index (κ3) is 2.57. The summed E-state index contributed by atoms with van der Waals surface area (Å²) in [7, 11) is 0. The van der Waals surface area contributed by atoms with Crippen molar-refractivity contribution in [3.05, 3.63) is 48.2 Å². The molecule has 0 N–H and O–H groups in total. The summed E-state index contributed by atoms with van der Waals surface area (Å²) in [5.74, 6) is 1.57. The van der Waals surface area contributed by atoms with E-state index in [0.29, 0.717) is 5.69 Å². The molecule has 104 valence electrons. The molecule has 2 aromatic rings. The molecule has 0 aliphatic carbocycles. The highest BCUT2D eigenvalue weighted by Gasteiger charge is 2.20.